The highest BCUT2D eigenvalue weighted by atomic mass is 35.5. The summed E-state index contributed by atoms with van der Waals surface area (Å²) in [7, 11) is 0. The number of amides is 1. The number of carbonyl (C=O) groups is 1. The fourth-order valence-electron chi connectivity index (χ4n) is 8.34. The maximum Gasteiger partial charge on any atom is 0.407 e. The smallest absolute Gasteiger partial charge is 0.407 e. The fraction of sp³-hybridized carbons (Fsp3) is 0.531. The van der Waals surface area contributed by atoms with Gasteiger partial charge < -0.3 is 19.7 Å². The highest BCUT2D eigenvalue weighted by molar-refractivity contribution is 6.33. The number of benzene rings is 1. The van der Waals surface area contributed by atoms with E-state index in [0.717, 1.165) is 31.4 Å². The minimum atomic E-state index is -0.905. The van der Waals surface area contributed by atoms with Crippen molar-refractivity contribution in [3.8, 4) is 17.3 Å². The van der Waals surface area contributed by atoms with E-state index in [9.17, 15) is 9.18 Å². The number of aromatic nitrogens is 5. The number of nitrogens with one attached hydrogen (secondary N) is 2. The third-order valence-corrected chi connectivity index (χ3v) is 11.0. The Morgan fingerprint density at radius 1 is 1.17 bits per heavy atom. The van der Waals surface area contributed by atoms with E-state index in [4.69, 9.17) is 31.0 Å². The minimum Gasteiger partial charge on any atom is -0.461 e. The van der Waals surface area contributed by atoms with Gasteiger partial charge in [0.05, 0.1) is 35.3 Å². The van der Waals surface area contributed by atoms with Crippen LogP contribution in [0.3, 0.4) is 0 Å². The van der Waals surface area contributed by atoms with Gasteiger partial charge in [0.2, 0.25) is 0 Å². The van der Waals surface area contributed by atoms with Crippen LogP contribution in [0.5, 0.6) is 6.01 Å². The predicted octanol–water partition coefficient (Wildman–Crippen LogP) is 5.13. The number of H-pyrrole nitrogens is 1. The number of pyridine rings is 1. The molecule has 1 amide bonds. The summed E-state index contributed by atoms with van der Waals surface area (Å²) in [6.45, 7) is 2.73. The van der Waals surface area contributed by atoms with Gasteiger partial charge >= 0.3 is 12.1 Å². The molecule has 4 fully saturated rings. The second kappa shape index (κ2) is 10.6. The predicted molar refractivity (Wildman–Crippen MR) is 167 cm³/mol. The van der Waals surface area contributed by atoms with Gasteiger partial charge in [0.15, 0.2) is 5.82 Å². The maximum absolute atomic E-state index is 17.1. The van der Waals surface area contributed by atoms with Crippen molar-refractivity contribution >= 4 is 45.3 Å². The molecule has 4 aromatic rings. The van der Waals surface area contributed by atoms with Crippen LogP contribution >= 0.6 is 11.6 Å². The van der Waals surface area contributed by atoms with Gasteiger partial charge in [-0.15, -0.1) is 0 Å². The zero-order valence-electron chi connectivity index (χ0n) is 25.1. The van der Waals surface area contributed by atoms with Crippen LogP contribution in [0.2, 0.25) is 5.02 Å². The molecule has 11 nitrogen and oxygen atoms in total. The molecule has 1 aromatic carbocycles. The number of anilines is 1. The zero-order valence-corrected chi connectivity index (χ0v) is 25.8. The minimum absolute atomic E-state index is 0.0258. The Hall–Kier alpha value is -3.84. The summed E-state index contributed by atoms with van der Waals surface area (Å²) in [6.07, 6.45) is 6.27. The van der Waals surface area contributed by atoms with Gasteiger partial charge in [0.1, 0.15) is 29.8 Å². The Bertz CT molecular complexity index is 1890. The third-order valence-electron chi connectivity index (χ3n) is 10.7. The van der Waals surface area contributed by atoms with Crippen LogP contribution in [0.15, 0.2) is 18.5 Å². The lowest BCUT2D eigenvalue weighted by atomic mass is 9.94. The Morgan fingerprint density at radius 2 is 2.09 bits per heavy atom. The number of alkyl halides is 1. The molecule has 1 unspecified atom stereocenters. The van der Waals surface area contributed by atoms with Crippen LogP contribution in [-0.4, -0.2) is 93.3 Å². The SMILES string of the molecule is O=C1NC2CCN(C2)c2nc(OC[C@@]34CCCN3C[C@H](F)C4)nc3c(F)c(ncc23)-c2c(c(Cl)cc3[nH]ncc23)[C@H]2C[C@H]2CCO1. The van der Waals surface area contributed by atoms with Crippen molar-refractivity contribution in [2.24, 2.45) is 5.92 Å². The maximum atomic E-state index is 17.1. The molecule has 6 aliphatic rings. The molecule has 10 rings (SSSR count). The normalized spacial score (nSPS) is 29.1. The molecule has 2 N–H and O–H groups in total. The topological polar surface area (TPSA) is 121 Å². The molecule has 46 heavy (non-hydrogen) atoms. The highest BCUT2D eigenvalue weighted by Crippen LogP contribution is 2.56. The van der Waals surface area contributed by atoms with E-state index in [1.165, 1.54) is 0 Å². The Labute approximate surface area is 268 Å². The monoisotopic (exact) mass is 650 g/mol. The van der Waals surface area contributed by atoms with Gasteiger partial charge in [-0.05, 0) is 62.1 Å². The zero-order chi connectivity index (χ0) is 31.2. The quantitative estimate of drug-likeness (QED) is 0.311. The van der Waals surface area contributed by atoms with E-state index >= 15 is 4.39 Å². The number of halogens is 3. The number of ether oxygens (including phenoxy) is 2. The van der Waals surface area contributed by atoms with Crippen molar-refractivity contribution in [3.05, 3.63) is 34.9 Å². The molecule has 0 radical (unpaired) electrons. The Morgan fingerprint density at radius 3 is 3.00 bits per heavy atom. The second-order valence-corrected chi connectivity index (χ2v) is 13.9. The highest BCUT2D eigenvalue weighted by Gasteiger charge is 2.49. The van der Waals surface area contributed by atoms with Crippen molar-refractivity contribution in [3.63, 3.8) is 0 Å². The van der Waals surface area contributed by atoms with Crippen LogP contribution in [0.4, 0.5) is 19.4 Å². The fourth-order valence-corrected chi connectivity index (χ4v) is 8.69. The number of hydrogen-bond acceptors (Lipinski definition) is 9. The van der Waals surface area contributed by atoms with E-state index < -0.39 is 23.6 Å². The molecule has 6 bridgehead atoms. The number of fused-ring (bicyclic) bond motifs is 7. The molecule has 8 heterocycles. The molecular formula is C32H33ClF2N8O3. The first kappa shape index (κ1) is 28.4. The van der Waals surface area contributed by atoms with Crippen LogP contribution in [0.25, 0.3) is 33.1 Å². The standard InChI is InChI=1S/C32H33ClF2N8O3/c33-22-9-23-20(12-37-41-23)25-24(22)19-8-16(19)3-7-45-31(44)38-18-2-6-42(14-18)29-21-11-36-28(25)26(35)27(21)39-30(40-29)46-15-32-4-1-5-43(32)13-17(34)10-32/h9,11-12,16-19H,1-8,10,13-15H2,(H,37,41)(H,38,44)/t16-,17-,18?,19+,32+/m1/s1. The second-order valence-electron chi connectivity index (χ2n) is 13.5. The number of carbonyl (C=O) groups excluding carboxylic acids is 1. The van der Waals surface area contributed by atoms with E-state index in [0.29, 0.717) is 71.6 Å². The van der Waals surface area contributed by atoms with Gasteiger partial charge in [-0.25, -0.2) is 13.6 Å². The van der Waals surface area contributed by atoms with E-state index in [-0.39, 0.29) is 48.3 Å². The van der Waals surface area contributed by atoms with Crippen LogP contribution < -0.4 is 15.0 Å². The summed E-state index contributed by atoms with van der Waals surface area (Å²) in [5.41, 5.74) is 1.85. The van der Waals surface area contributed by atoms with Gasteiger partial charge in [0.25, 0.3) is 0 Å². The number of alkyl carbamates (subject to hydrolysis) is 1. The van der Waals surface area contributed by atoms with Crippen molar-refractivity contribution in [1.29, 1.82) is 0 Å². The van der Waals surface area contributed by atoms with E-state index in [2.05, 4.69) is 25.4 Å². The van der Waals surface area contributed by atoms with Crippen molar-refractivity contribution in [2.75, 3.05) is 44.3 Å². The largest absolute Gasteiger partial charge is 0.461 e. The molecule has 3 saturated heterocycles. The molecule has 14 heteroatoms. The molecule has 3 aromatic heterocycles. The summed E-state index contributed by atoms with van der Waals surface area (Å²) in [5, 5.41) is 11.8. The average molecular weight is 651 g/mol. The lowest BCUT2D eigenvalue weighted by molar-refractivity contribution is 0.107. The average Bonchev–Trinajstić information content (AvgIpc) is 3.42. The van der Waals surface area contributed by atoms with Crippen molar-refractivity contribution in [2.45, 2.75) is 62.2 Å². The molecule has 240 valence electrons. The van der Waals surface area contributed by atoms with Crippen molar-refractivity contribution in [1.82, 2.24) is 35.4 Å². The summed E-state index contributed by atoms with van der Waals surface area (Å²) in [5.74, 6) is 0.133. The Kier molecular flexibility index (Phi) is 6.54. The van der Waals surface area contributed by atoms with Crippen LogP contribution in [0, 0.1) is 11.7 Å². The third kappa shape index (κ3) is 4.56. The summed E-state index contributed by atoms with van der Waals surface area (Å²) in [4.78, 5) is 31.0. The molecule has 1 aliphatic carbocycles. The molecule has 5 atom stereocenters. The summed E-state index contributed by atoms with van der Waals surface area (Å²) in [6, 6.07) is 1.67. The number of aromatic amines is 1. The first-order chi connectivity index (χ1) is 22.4. The first-order valence-electron chi connectivity index (χ1n) is 16.1. The van der Waals surface area contributed by atoms with Gasteiger partial charge in [-0.1, -0.05) is 11.6 Å². The molecule has 5 aliphatic heterocycles. The van der Waals surface area contributed by atoms with Gasteiger partial charge in [-0.3, -0.25) is 15.0 Å². The first-order valence-corrected chi connectivity index (χ1v) is 16.5. The van der Waals surface area contributed by atoms with E-state index in [1.807, 2.05) is 11.0 Å². The van der Waals surface area contributed by atoms with Crippen molar-refractivity contribution < 1.29 is 23.0 Å². The van der Waals surface area contributed by atoms with Crippen LogP contribution in [0.1, 0.15) is 50.0 Å². The molecule has 1 saturated carbocycles. The number of hydrogen-bond donors (Lipinski definition) is 2. The molecular weight excluding hydrogens is 618 g/mol. The summed E-state index contributed by atoms with van der Waals surface area (Å²) < 4.78 is 43.4. The van der Waals surface area contributed by atoms with Gasteiger partial charge in [0, 0.05) is 48.2 Å². The van der Waals surface area contributed by atoms with E-state index in [1.54, 1.807) is 12.4 Å². The molecule has 0 spiro atoms. The summed E-state index contributed by atoms with van der Waals surface area (Å²) >= 11 is 6.90. The van der Waals surface area contributed by atoms with Crippen LogP contribution in [-0.2, 0) is 4.74 Å². The number of rotatable bonds is 3. The Balaban J connectivity index is 1.20. The lowest BCUT2D eigenvalue weighted by Crippen LogP contribution is -2.43. The lowest BCUT2D eigenvalue weighted by Gasteiger charge is -2.31. The number of nitrogens with zero attached hydrogens (tertiary/aromatic N) is 6. The van der Waals surface area contributed by atoms with Gasteiger partial charge in [-0.2, -0.15) is 15.1 Å².